The summed E-state index contributed by atoms with van der Waals surface area (Å²) in [6, 6.07) is 11.0. The van der Waals surface area contributed by atoms with Gasteiger partial charge in [0.25, 0.3) is 0 Å². The first-order chi connectivity index (χ1) is 11.1. The largest absolute Gasteiger partial charge is 0.493 e. The third-order valence-corrected chi connectivity index (χ3v) is 3.83. The minimum atomic E-state index is 0.111. The predicted octanol–water partition coefficient (Wildman–Crippen LogP) is 3.66. The van der Waals surface area contributed by atoms with Gasteiger partial charge in [-0.15, -0.1) is 0 Å². The molecule has 2 aromatic rings. The van der Waals surface area contributed by atoms with Crippen molar-refractivity contribution >= 4 is 23.2 Å². The van der Waals surface area contributed by atoms with Crippen LogP contribution in [0.5, 0.6) is 11.5 Å². The Morgan fingerprint density at radius 3 is 2.61 bits per heavy atom. The molecule has 0 saturated carbocycles. The zero-order valence-electron chi connectivity index (χ0n) is 12.8. The van der Waals surface area contributed by atoms with Gasteiger partial charge in [-0.2, -0.15) is 0 Å². The Morgan fingerprint density at radius 2 is 1.91 bits per heavy atom. The number of hydrogen-bond acceptors (Lipinski definition) is 4. The van der Waals surface area contributed by atoms with Gasteiger partial charge in [-0.3, -0.25) is 0 Å². The molecule has 124 valence electrons. The van der Waals surface area contributed by atoms with Crippen molar-refractivity contribution in [2.45, 2.75) is 13.2 Å². The highest BCUT2D eigenvalue weighted by Gasteiger charge is 2.08. The van der Waals surface area contributed by atoms with E-state index in [9.17, 15) is 0 Å². The lowest BCUT2D eigenvalue weighted by molar-refractivity contribution is 0.284. The van der Waals surface area contributed by atoms with Crippen LogP contribution in [-0.2, 0) is 13.2 Å². The smallest absolute Gasteiger partial charge is 0.161 e. The standard InChI is InChI=1S/C17H19Cl2NO3/c1-22-17-8-12(10-20-6-7-21)2-5-16(17)23-11-13-3-4-14(18)9-15(13)19/h2-5,8-9,20-21H,6-7,10-11H2,1H3. The summed E-state index contributed by atoms with van der Waals surface area (Å²) < 4.78 is 11.2. The van der Waals surface area contributed by atoms with Gasteiger partial charge < -0.3 is 19.9 Å². The SMILES string of the molecule is COc1cc(CNCCO)ccc1OCc1ccc(Cl)cc1Cl. The van der Waals surface area contributed by atoms with E-state index in [2.05, 4.69) is 5.32 Å². The minimum absolute atomic E-state index is 0.111. The molecule has 4 nitrogen and oxygen atoms in total. The highest BCUT2D eigenvalue weighted by Crippen LogP contribution is 2.30. The molecule has 0 aromatic heterocycles. The van der Waals surface area contributed by atoms with Gasteiger partial charge in [0, 0.05) is 28.7 Å². The maximum atomic E-state index is 8.78. The van der Waals surface area contributed by atoms with E-state index in [1.165, 1.54) is 0 Å². The van der Waals surface area contributed by atoms with E-state index in [1.54, 1.807) is 19.2 Å². The molecule has 0 radical (unpaired) electrons. The number of hydrogen-bond donors (Lipinski definition) is 2. The first-order valence-corrected chi connectivity index (χ1v) is 7.95. The van der Waals surface area contributed by atoms with Crippen LogP contribution in [0.15, 0.2) is 36.4 Å². The first-order valence-electron chi connectivity index (χ1n) is 7.19. The fourth-order valence-electron chi connectivity index (χ4n) is 2.05. The van der Waals surface area contributed by atoms with Gasteiger partial charge >= 0.3 is 0 Å². The summed E-state index contributed by atoms with van der Waals surface area (Å²) in [4.78, 5) is 0. The number of aliphatic hydroxyl groups excluding tert-OH is 1. The third-order valence-electron chi connectivity index (χ3n) is 3.24. The highest BCUT2D eigenvalue weighted by molar-refractivity contribution is 6.35. The van der Waals surface area contributed by atoms with E-state index in [4.69, 9.17) is 37.8 Å². The molecule has 0 aliphatic carbocycles. The molecule has 0 aliphatic rings. The molecule has 2 N–H and O–H groups in total. The number of aliphatic hydroxyl groups is 1. The van der Waals surface area contributed by atoms with Crippen LogP contribution in [0.25, 0.3) is 0 Å². The number of benzene rings is 2. The van der Waals surface area contributed by atoms with Gasteiger partial charge in [0.1, 0.15) is 6.61 Å². The molecule has 2 rings (SSSR count). The number of nitrogens with one attached hydrogen (secondary N) is 1. The lowest BCUT2D eigenvalue weighted by Crippen LogP contribution is -2.17. The molecule has 0 bridgehead atoms. The Morgan fingerprint density at radius 1 is 1.09 bits per heavy atom. The van der Waals surface area contributed by atoms with Gasteiger partial charge in [-0.25, -0.2) is 0 Å². The molecule has 2 aromatic carbocycles. The van der Waals surface area contributed by atoms with E-state index >= 15 is 0 Å². The molecule has 0 aliphatic heterocycles. The normalized spacial score (nSPS) is 10.6. The van der Waals surface area contributed by atoms with Crippen molar-refractivity contribution in [3.63, 3.8) is 0 Å². The molecule has 0 fully saturated rings. The third kappa shape index (κ3) is 5.29. The van der Waals surface area contributed by atoms with Crippen molar-refractivity contribution in [1.82, 2.24) is 5.32 Å². The van der Waals surface area contributed by atoms with Crippen LogP contribution < -0.4 is 14.8 Å². The number of ether oxygens (including phenoxy) is 2. The van der Waals surface area contributed by atoms with Crippen LogP contribution in [0.1, 0.15) is 11.1 Å². The second-order valence-corrected chi connectivity index (χ2v) is 5.75. The van der Waals surface area contributed by atoms with Crippen molar-refractivity contribution in [1.29, 1.82) is 0 Å². The summed E-state index contributed by atoms with van der Waals surface area (Å²) in [7, 11) is 1.60. The maximum Gasteiger partial charge on any atom is 0.161 e. The number of rotatable bonds is 8. The Bertz CT molecular complexity index is 650. The van der Waals surface area contributed by atoms with Crippen LogP contribution in [-0.4, -0.2) is 25.4 Å². The van der Waals surface area contributed by atoms with Crippen LogP contribution in [0.2, 0.25) is 10.0 Å². The van der Waals surface area contributed by atoms with Crippen LogP contribution in [0, 0.1) is 0 Å². The summed E-state index contributed by atoms with van der Waals surface area (Å²) in [5.41, 5.74) is 1.90. The predicted molar refractivity (Wildman–Crippen MR) is 92.6 cm³/mol. The molecule has 0 saturated heterocycles. The fourth-order valence-corrected chi connectivity index (χ4v) is 2.51. The number of methoxy groups -OCH3 is 1. The average molecular weight is 356 g/mol. The van der Waals surface area contributed by atoms with Crippen LogP contribution in [0.4, 0.5) is 0 Å². The Labute approximate surface area is 145 Å². The summed E-state index contributed by atoms with van der Waals surface area (Å²) in [6.07, 6.45) is 0. The van der Waals surface area contributed by atoms with Crippen molar-refractivity contribution < 1.29 is 14.6 Å². The van der Waals surface area contributed by atoms with Gasteiger partial charge in [0.05, 0.1) is 13.7 Å². The summed E-state index contributed by atoms with van der Waals surface area (Å²) in [5, 5.41) is 13.1. The van der Waals surface area contributed by atoms with E-state index in [0.29, 0.717) is 41.2 Å². The van der Waals surface area contributed by atoms with E-state index in [1.807, 2.05) is 24.3 Å². The second kappa shape index (κ2) is 8.99. The molecule has 0 unspecified atom stereocenters. The van der Waals surface area contributed by atoms with E-state index in [-0.39, 0.29) is 6.61 Å². The molecular weight excluding hydrogens is 337 g/mol. The van der Waals surface area contributed by atoms with Gasteiger partial charge in [-0.05, 0) is 29.8 Å². The van der Waals surface area contributed by atoms with Crippen molar-refractivity contribution in [2.75, 3.05) is 20.3 Å². The summed E-state index contributed by atoms with van der Waals surface area (Å²) >= 11 is 12.0. The first kappa shape index (κ1) is 17.9. The monoisotopic (exact) mass is 355 g/mol. The second-order valence-electron chi connectivity index (χ2n) is 4.91. The molecule has 6 heteroatoms. The minimum Gasteiger partial charge on any atom is -0.493 e. The Hall–Kier alpha value is -1.46. The number of halogens is 2. The topological polar surface area (TPSA) is 50.7 Å². The zero-order valence-corrected chi connectivity index (χ0v) is 14.3. The Balaban J connectivity index is 2.04. The molecular formula is C17H19Cl2NO3. The quantitative estimate of drug-likeness (QED) is 0.709. The van der Waals surface area contributed by atoms with E-state index in [0.717, 1.165) is 11.1 Å². The maximum absolute atomic E-state index is 8.78. The molecule has 23 heavy (non-hydrogen) atoms. The summed E-state index contributed by atoms with van der Waals surface area (Å²) in [5.74, 6) is 1.29. The molecule has 0 amide bonds. The molecule has 0 atom stereocenters. The van der Waals surface area contributed by atoms with Gasteiger partial charge in [0.15, 0.2) is 11.5 Å². The van der Waals surface area contributed by atoms with Crippen LogP contribution >= 0.6 is 23.2 Å². The molecule has 0 spiro atoms. The van der Waals surface area contributed by atoms with Gasteiger partial charge in [0.2, 0.25) is 0 Å². The lowest BCUT2D eigenvalue weighted by atomic mass is 10.2. The van der Waals surface area contributed by atoms with E-state index < -0.39 is 0 Å². The van der Waals surface area contributed by atoms with Gasteiger partial charge in [-0.1, -0.05) is 35.3 Å². The highest BCUT2D eigenvalue weighted by atomic mass is 35.5. The Kier molecular flexibility index (Phi) is 6.99. The van der Waals surface area contributed by atoms with Crippen LogP contribution in [0.3, 0.4) is 0 Å². The zero-order chi connectivity index (χ0) is 16.7. The summed E-state index contributed by atoms with van der Waals surface area (Å²) in [6.45, 7) is 1.64. The molecule has 0 heterocycles. The van der Waals surface area contributed by atoms with Crippen molar-refractivity contribution in [3.05, 3.63) is 57.6 Å². The average Bonchev–Trinajstić information content (AvgIpc) is 2.55. The van der Waals surface area contributed by atoms with Crippen molar-refractivity contribution in [2.24, 2.45) is 0 Å². The van der Waals surface area contributed by atoms with Crippen molar-refractivity contribution in [3.8, 4) is 11.5 Å². The fraction of sp³-hybridized carbons (Fsp3) is 0.294. The lowest BCUT2D eigenvalue weighted by Gasteiger charge is -2.13.